The third-order valence-electron chi connectivity index (χ3n) is 7.85. The molecule has 0 aromatic heterocycles. The third-order valence-corrected chi connectivity index (χ3v) is 7.85. The Morgan fingerprint density at radius 1 is 1.14 bits per heavy atom. The minimum absolute atomic E-state index is 0.0595. The molecular formula is C22H35N3O3. The van der Waals surface area contributed by atoms with E-state index >= 15 is 0 Å². The second kappa shape index (κ2) is 7.03. The monoisotopic (exact) mass is 389 g/mol. The van der Waals surface area contributed by atoms with Crippen molar-refractivity contribution in [3.05, 3.63) is 0 Å². The van der Waals surface area contributed by atoms with Crippen molar-refractivity contribution in [3.63, 3.8) is 0 Å². The Bertz CT molecular complexity index is 658. The average molecular weight is 390 g/mol. The predicted octanol–water partition coefficient (Wildman–Crippen LogP) is 3.30. The van der Waals surface area contributed by atoms with Gasteiger partial charge in [-0.05, 0) is 68.6 Å². The molecule has 0 unspecified atom stereocenters. The first-order valence-corrected chi connectivity index (χ1v) is 11.2. The number of urea groups is 1. The second-order valence-corrected chi connectivity index (χ2v) is 10.2. The zero-order chi connectivity index (χ0) is 20.1. The number of nitrogens with one attached hydrogen (secondary N) is 1. The van der Waals surface area contributed by atoms with E-state index in [1.54, 1.807) is 0 Å². The lowest BCUT2D eigenvalue weighted by Crippen LogP contribution is -2.51. The quantitative estimate of drug-likeness (QED) is 0.679. The van der Waals surface area contributed by atoms with Crippen LogP contribution in [-0.4, -0.2) is 52.3 Å². The van der Waals surface area contributed by atoms with E-state index in [-0.39, 0.29) is 29.8 Å². The molecule has 4 rings (SSSR count). The molecule has 6 nitrogen and oxygen atoms in total. The maximum absolute atomic E-state index is 13.2. The molecule has 28 heavy (non-hydrogen) atoms. The fraction of sp³-hybridized carbons (Fsp3) is 0.864. The highest BCUT2D eigenvalue weighted by Crippen LogP contribution is 2.45. The summed E-state index contributed by atoms with van der Waals surface area (Å²) in [6.45, 7) is 7.50. The van der Waals surface area contributed by atoms with Gasteiger partial charge in [0.25, 0.3) is 5.91 Å². The first-order chi connectivity index (χ1) is 13.3. The van der Waals surface area contributed by atoms with E-state index in [2.05, 4.69) is 26.1 Å². The van der Waals surface area contributed by atoms with E-state index in [9.17, 15) is 14.4 Å². The average Bonchev–Trinajstić information content (AvgIpc) is 3.57. The number of nitrogens with zero attached hydrogens (tertiary/aromatic N) is 2. The molecular weight excluding hydrogens is 354 g/mol. The summed E-state index contributed by atoms with van der Waals surface area (Å²) in [6, 6.07) is -0.0525. The van der Waals surface area contributed by atoms with Crippen LogP contribution in [-0.2, 0) is 9.59 Å². The molecule has 0 aromatic rings. The van der Waals surface area contributed by atoms with Crippen LogP contribution in [0.3, 0.4) is 0 Å². The molecule has 1 N–H and O–H groups in total. The van der Waals surface area contributed by atoms with Crippen molar-refractivity contribution in [2.45, 2.75) is 90.1 Å². The number of carbonyl (C=O) groups is 3. The standard InChI is InChI=1S/C22H35N3O3/c1-4-21(2,3)16-9-11-22(12-10-16)19(27)25(20(28)23-22)14-18(26)24(17-7-8-17)13-15-5-6-15/h15-17H,4-14H2,1-3H3,(H,23,28). The Labute approximate surface area is 168 Å². The van der Waals surface area contributed by atoms with Crippen LogP contribution in [0.25, 0.3) is 0 Å². The van der Waals surface area contributed by atoms with Crippen LogP contribution in [0, 0.1) is 17.3 Å². The van der Waals surface area contributed by atoms with Crippen molar-refractivity contribution in [2.75, 3.05) is 13.1 Å². The highest BCUT2D eigenvalue weighted by atomic mass is 16.2. The SMILES string of the molecule is CCC(C)(C)C1CCC2(CC1)NC(=O)N(CC(=O)N(CC1CC1)C1CC1)C2=O. The van der Waals surface area contributed by atoms with Crippen molar-refractivity contribution in [3.8, 4) is 0 Å². The van der Waals surface area contributed by atoms with Gasteiger partial charge in [-0.2, -0.15) is 0 Å². The van der Waals surface area contributed by atoms with Gasteiger partial charge in [-0.15, -0.1) is 0 Å². The Morgan fingerprint density at radius 3 is 2.32 bits per heavy atom. The number of hydrogen-bond donors (Lipinski definition) is 1. The molecule has 3 aliphatic carbocycles. The van der Waals surface area contributed by atoms with Gasteiger partial charge in [-0.3, -0.25) is 14.5 Å². The van der Waals surface area contributed by atoms with E-state index < -0.39 is 5.54 Å². The molecule has 0 bridgehead atoms. The predicted molar refractivity (Wildman–Crippen MR) is 106 cm³/mol. The van der Waals surface area contributed by atoms with Crippen molar-refractivity contribution in [1.82, 2.24) is 15.1 Å². The van der Waals surface area contributed by atoms with Crippen LogP contribution >= 0.6 is 0 Å². The molecule has 4 aliphatic rings. The van der Waals surface area contributed by atoms with Crippen molar-refractivity contribution < 1.29 is 14.4 Å². The molecule has 1 aliphatic heterocycles. The number of hydrogen-bond acceptors (Lipinski definition) is 3. The number of carbonyl (C=O) groups excluding carboxylic acids is 3. The Kier molecular flexibility index (Phi) is 4.95. The molecule has 6 heteroatoms. The molecule has 1 spiro atoms. The van der Waals surface area contributed by atoms with Gasteiger partial charge in [0.15, 0.2) is 0 Å². The summed E-state index contributed by atoms with van der Waals surface area (Å²) in [6.07, 6.45) is 8.87. The molecule has 0 aromatic carbocycles. The summed E-state index contributed by atoms with van der Waals surface area (Å²) in [5.74, 6) is 0.958. The summed E-state index contributed by atoms with van der Waals surface area (Å²) in [7, 11) is 0. The first-order valence-electron chi connectivity index (χ1n) is 11.2. The van der Waals surface area contributed by atoms with Crippen LogP contribution < -0.4 is 5.32 Å². The summed E-state index contributed by atoms with van der Waals surface area (Å²) >= 11 is 0. The molecule has 156 valence electrons. The fourth-order valence-electron chi connectivity index (χ4n) is 4.98. The van der Waals surface area contributed by atoms with E-state index in [0.29, 0.717) is 30.7 Å². The highest BCUT2D eigenvalue weighted by molar-refractivity contribution is 6.09. The van der Waals surface area contributed by atoms with Gasteiger partial charge < -0.3 is 10.2 Å². The van der Waals surface area contributed by atoms with Crippen LogP contribution in [0.15, 0.2) is 0 Å². The topological polar surface area (TPSA) is 69.7 Å². The minimum atomic E-state index is -0.779. The van der Waals surface area contributed by atoms with Crippen molar-refractivity contribution >= 4 is 17.8 Å². The van der Waals surface area contributed by atoms with Crippen LogP contribution in [0.4, 0.5) is 4.79 Å². The lowest BCUT2D eigenvalue weighted by atomic mass is 9.65. The second-order valence-electron chi connectivity index (χ2n) is 10.2. The van der Waals surface area contributed by atoms with Gasteiger partial charge >= 0.3 is 6.03 Å². The third kappa shape index (κ3) is 3.67. The summed E-state index contributed by atoms with van der Waals surface area (Å²) < 4.78 is 0. The summed E-state index contributed by atoms with van der Waals surface area (Å²) in [5, 5.41) is 2.97. The maximum atomic E-state index is 13.2. The van der Waals surface area contributed by atoms with Gasteiger partial charge in [-0.1, -0.05) is 27.2 Å². The van der Waals surface area contributed by atoms with Crippen LogP contribution in [0.2, 0.25) is 0 Å². The van der Waals surface area contributed by atoms with E-state index in [0.717, 1.165) is 38.6 Å². The normalized spacial score (nSPS) is 30.7. The molecule has 3 saturated carbocycles. The van der Waals surface area contributed by atoms with E-state index in [4.69, 9.17) is 0 Å². The molecule has 1 saturated heterocycles. The lowest BCUT2D eigenvalue weighted by Gasteiger charge is -2.42. The van der Waals surface area contributed by atoms with Gasteiger partial charge in [0.1, 0.15) is 12.1 Å². The Hall–Kier alpha value is -1.59. The zero-order valence-corrected chi connectivity index (χ0v) is 17.6. The Balaban J connectivity index is 1.39. The first kappa shape index (κ1) is 19.7. The largest absolute Gasteiger partial charge is 0.338 e. The number of amides is 4. The Morgan fingerprint density at radius 2 is 1.79 bits per heavy atom. The van der Waals surface area contributed by atoms with Gasteiger partial charge in [0.2, 0.25) is 5.91 Å². The summed E-state index contributed by atoms with van der Waals surface area (Å²) in [4.78, 5) is 41.8. The van der Waals surface area contributed by atoms with Gasteiger partial charge in [-0.25, -0.2) is 4.79 Å². The summed E-state index contributed by atoms with van der Waals surface area (Å²) in [5.41, 5.74) is -0.519. The van der Waals surface area contributed by atoms with Crippen LogP contribution in [0.5, 0.6) is 0 Å². The lowest BCUT2D eigenvalue weighted by molar-refractivity contribution is -0.140. The van der Waals surface area contributed by atoms with Gasteiger partial charge in [0, 0.05) is 12.6 Å². The molecule has 4 amide bonds. The molecule has 4 fully saturated rings. The van der Waals surface area contributed by atoms with Crippen molar-refractivity contribution in [2.24, 2.45) is 17.3 Å². The maximum Gasteiger partial charge on any atom is 0.325 e. The zero-order valence-electron chi connectivity index (χ0n) is 17.6. The molecule has 1 heterocycles. The molecule has 0 atom stereocenters. The minimum Gasteiger partial charge on any atom is -0.338 e. The number of imide groups is 1. The van der Waals surface area contributed by atoms with Crippen LogP contribution in [0.1, 0.15) is 78.6 Å². The molecule has 0 radical (unpaired) electrons. The van der Waals surface area contributed by atoms with E-state index in [1.807, 2.05) is 4.90 Å². The number of rotatable bonds is 7. The highest BCUT2D eigenvalue weighted by Gasteiger charge is 2.54. The van der Waals surface area contributed by atoms with Crippen molar-refractivity contribution in [1.29, 1.82) is 0 Å². The van der Waals surface area contributed by atoms with Gasteiger partial charge in [0.05, 0.1) is 0 Å². The smallest absolute Gasteiger partial charge is 0.325 e. The fourth-order valence-corrected chi connectivity index (χ4v) is 4.98. The van der Waals surface area contributed by atoms with E-state index in [1.165, 1.54) is 17.7 Å².